The number of carbonyl (C=O) groups excluding carboxylic acids is 1. The first-order valence-electron chi connectivity index (χ1n) is 7.30. The Kier molecular flexibility index (Phi) is 6.04. The van der Waals surface area contributed by atoms with Crippen molar-refractivity contribution in [2.24, 2.45) is 0 Å². The van der Waals surface area contributed by atoms with Crippen LogP contribution in [0.5, 0.6) is 0 Å². The first-order chi connectivity index (χ1) is 11.7. The quantitative estimate of drug-likeness (QED) is 0.438. The molecule has 0 saturated heterocycles. The lowest BCUT2D eigenvalue weighted by Crippen LogP contribution is -2.19. The second-order valence-corrected chi connectivity index (χ2v) is 6.34. The highest BCUT2D eigenvalue weighted by atomic mass is 32.2. The van der Waals surface area contributed by atoms with Gasteiger partial charge in [0.05, 0.1) is 13.2 Å². The van der Waals surface area contributed by atoms with Gasteiger partial charge in [-0.2, -0.15) is 13.2 Å². The number of alkyl halides is 3. The van der Waals surface area contributed by atoms with Crippen LogP contribution >= 0.6 is 11.8 Å². The highest BCUT2D eigenvalue weighted by molar-refractivity contribution is 8.00. The number of rotatable bonds is 6. The van der Waals surface area contributed by atoms with E-state index in [-0.39, 0.29) is 18.3 Å². The zero-order valence-electron chi connectivity index (χ0n) is 13.4. The van der Waals surface area contributed by atoms with Crippen LogP contribution in [0.3, 0.4) is 0 Å². The molecule has 136 valence electrons. The van der Waals surface area contributed by atoms with Gasteiger partial charge in [0.2, 0.25) is 5.82 Å². The standard InChI is InChI=1S/C15H15F4N3O2S/c1-3-24-12(23)9(2)25-14-21-20-13(15(17,18)19)22(14)8-10-4-6-11(16)7-5-10/h4-7,9H,3,8H2,1-2H3/t9-/m0/s1. The molecule has 0 unspecified atom stereocenters. The van der Waals surface area contributed by atoms with Crippen molar-refractivity contribution in [3.8, 4) is 0 Å². The molecule has 2 rings (SSSR count). The topological polar surface area (TPSA) is 57.0 Å². The van der Waals surface area contributed by atoms with Gasteiger partial charge in [-0.1, -0.05) is 23.9 Å². The Balaban J connectivity index is 2.32. The summed E-state index contributed by atoms with van der Waals surface area (Å²) in [6, 6.07) is 5.05. The fourth-order valence-corrected chi connectivity index (χ4v) is 2.81. The van der Waals surface area contributed by atoms with E-state index in [0.29, 0.717) is 5.56 Å². The first-order valence-corrected chi connectivity index (χ1v) is 8.18. The van der Waals surface area contributed by atoms with Crippen LogP contribution in [0.4, 0.5) is 17.6 Å². The third-order valence-corrected chi connectivity index (χ3v) is 4.18. The van der Waals surface area contributed by atoms with Gasteiger partial charge >= 0.3 is 12.1 Å². The molecule has 5 nitrogen and oxygen atoms in total. The predicted octanol–water partition coefficient (Wildman–Crippen LogP) is 3.53. The summed E-state index contributed by atoms with van der Waals surface area (Å²) in [7, 11) is 0. The molecule has 0 saturated carbocycles. The van der Waals surface area contributed by atoms with Gasteiger partial charge in [-0.25, -0.2) is 4.39 Å². The number of esters is 1. The third-order valence-electron chi connectivity index (χ3n) is 3.13. The maximum atomic E-state index is 13.2. The van der Waals surface area contributed by atoms with E-state index < -0.39 is 29.0 Å². The summed E-state index contributed by atoms with van der Waals surface area (Å²) in [6.07, 6.45) is -4.71. The highest BCUT2D eigenvalue weighted by Crippen LogP contribution is 2.32. The molecule has 0 amide bonds. The number of hydrogen-bond donors (Lipinski definition) is 0. The van der Waals surface area contributed by atoms with E-state index in [1.54, 1.807) is 6.92 Å². The van der Waals surface area contributed by atoms with Crippen LogP contribution in [0, 0.1) is 5.82 Å². The molecule has 1 aromatic heterocycles. The number of aromatic nitrogens is 3. The van der Waals surface area contributed by atoms with E-state index in [4.69, 9.17) is 4.74 Å². The predicted molar refractivity (Wildman–Crippen MR) is 82.5 cm³/mol. The fraction of sp³-hybridized carbons (Fsp3) is 0.400. The van der Waals surface area contributed by atoms with E-state index in [9.17, 15) is 22.4 Å². The van der Waals surface area contributed by atoms with Crippen molar-refractivity contribution < 1.29 is 27.1 Å². The Labute approximate surface area is 145 Å². The molecule has 0 fully saturated rings. The third kappa shape index (κ3) is 4.94. The zero-order chi connectivity index (χ0) is 18.6. The second kappa shape index (κ2) is 7.85. The summed E-state index contributed by atoms with van der Waals surface area (Å²) in [6.45, 7) is 3.10. The molecule has 0 bridgehead atoms. The average molecular weight is 377 g/mol. The average Bonchev–Trinajstić information content (AvgIpc) is 2.92. The number of benzene rings is 1. The van der Waals surface area contributed by atoms with Crippen LogP contribution < -0.4 is 0 Å². The molecule has 1 heterocycles. The number of thioether (sulfide) groups is 1. The molecule has 1 atom stereocenters. The summed E-state index contributed by atoms with van der Waals surface area (Å²) in [5, 5.41) is 5.93. The van der Waals surface area contributed by atoms with E-state index in [0.717, 1.165) is 28.5 Å². The van der Waals surface area contributed by atoms with Gasteiger partial charge in [0, 0.05) is 0 Å². The minimum atomic E-state index is -4.71. The van der Waals surface area contributed by atoms with E-state index >= 15 is 0 Å². The largest absolute Gasteiger partial charge is 0.465 e. The van der Waals surface area contributed by atoms with Crippen LogP contribution in [0.1, 0.15) is 25.2 Å². The zero-order valence-corrected chi connectivity index (χ0v) is 14.2. The molecular weight excluding hydrogens is 362 g/mol. The van der Waals surface area contributed by atoms with Gasteiger partial charge in [0.25, 0.3) is 0 Å². The van der Waals surface area contributed by atoms with Crippen molar-refractivity contribution in [2.75, 3.05) is 6.61 Å². The van der Waals surface area contributed by atoms with Crippen LogP contribution in [-0.2, 0) is 22.3 Å². The second-order valence-electron chi connectivity index (χ2n) is 5.03. The monoisotopic (exact) mass is 377 g/mol. The number of hydrogen-bond acceptors (Lipinski definition) is 5. The SMILES string of the molecule is CCOC(=O)[C@H](C)Sc1nnc(C(F)(F)F)n1Cc1ccc(F)cc1. The maximum absolute atomic E-state index is 13.2. The molecule has 0 spiro atoms. The molecule has 0 aliphatic carbocycles. The molecule has 0 N–H and O–H groups in total. The Bertz CT molecular complexity index is 731. The lowest BCUT2D eigenvalue weighted by molar-refractivity contribution is -0.147. The van der Waals surface area contributed by atoms with Gasteiger partial charge in [0.15, 0.2) is 5.16 Å². The summed E-state index contributed by atoms with van der Waals surface area (Å²) in [5.41, 5.74) is 0.442. The first kappa shape index (κ1) is 19.2. The molecule has 1 aromatic carbocycles. The number of carbonyl (C=O) groups is 1. The lowest BCUT2D eigenvalue weighted by Gasteiger charge is -2.14. The summed E-state index contributed by atoms with van der Waals surface area (Å²) in [5.74, 6) is -2.23. The highest BCUT2D eigenvalue weighted by Gasteiger charge is 2.39. The van der Waals surface area contributed by atoms with Crippen LogP contribution in [0.2, 0.25) is 0 Å². The van der Waals surface area contributed by atoms with Crippen LogP contribution in [0.15, 0.2) is 29.4 Å². The van der Waals surface area contributed by atoms with Gasteiger partial charge in [0.1, 0.15) is 11.1 Å². The van der Waals surface area contributed by atoms with Crippen molar-refractivity contribution >= 4 is 17.7 Å². The van der Waals surface area contributed by atoms with Gasteiger partial charge in [-0.05, 0) is 31.5 Å². The van der Waals surface area contributed by atoms with Crippen molar-refractivity contribution in [1.29, 1.82) is 0 Å². The minimum absolute atomic E-state index is 0.0720. The number of halogens is 4. The van der Waals surface area contributed by atoms with Gasteiger partial charge in [-0.3, -0.25) is 9.36 Å². The molecular formula is C15H15F4N3O2S. The van der Waals surface area contributed by atoms with E-state index in [2.05, 4.69) is 10.2 Å². The molecule has 10 heteroatoms. The molecule has 2 aromatic rings. The maximum Gasteiger partial charge on any atom is 0.451 e. The summed E-state index contributed by atoms with van der Waals surface area (Å²) in [4.78, 5) is 11.7. The van der Waals surface area contributed by atoms with Crippen LogP contribution in [0.25, 0.3) is 0 Å². The summed E-state index contributed by atoms with van der Waals surface area (Å²) >= 11 is 0.818. The Morgan fingerprint density at radius 1 is 1.28 bits per heavy atom. The molecule has 0 aliphatic heterocycles. The minimum Gasteiger partial charge on any atom is -0.465 e. The normalized spacial score (nSPS) is 12.9. The van der Waals surface area contributed by atoms with Gasteiger partial charge in [-0.15, -0.1) is 10.2 Å². The smallest absolute Gasteiger partial charge is 0.451 e. The molecule has 0 aliphatic rings. The molecule has 0 radical (unpaired) electrons. The Morgan fingerprint density at radius 2 is 1.92 bits per heavy atom. The fourth-order valence-electron chi connectivity index (χ4n) is 1.97. The van der Waals surface area contributed by atoms with Crippen molar-refractivity contribution in [1.82, 2.24) is 14.8 Å². The lowest BCUT2D eigenvalue weighted by atomic mass is 10.2. The Hall–Kier alpha value is -2.10. The van der Waals surface area contributed by atoms with Crippen molar-refractivity contribution in [3.05, 3.63) is 41.5 Å². The number of nitrogens with zero attached hydrogens (tertiary/aromatic N) is 3. The molecule has 25 heavy (non-hydrogen) atoms. The Morgan fingerprint density at radius 3 is 2.48 bits per heavy atom. The van der Waals surface area contributed by atoms with Crippen LogP contribution in [-0.4, -0.2) is 32.6 Å². The van der Waals surface area contributed by atoms with Crippen molar-refractivity contribution in [2.45, 2.75) is 37.0 Å². The van der Waals surface area contributed by atoms with E-state index in [1.807, 2.05) is 0 Å². The van der Waals surface area contributed by atoms with Gasteiger partial charge < -0.3 is 4.74 Å². The summed E-state index contributed by atoms with van der Waals surface area (Å²) < 4.78 is 58.2. The van der Waals surface area contributed by atoms with Crippen molar-refractivity contribution in [3.63, 3.8) is 0 Å². The van der Waals surface area contributed by atoms with E-state index in [1.165, 1.54) is 19.1 Å². The number of ether oxygens (including phenoxy) is 1.